The fourth-order valence-electron chi connectivity index (χ4n) is 1.49. The van der Waals surface area contributed by atoms with Gasteiger partial charge >= 0.3 is 6.18 Å². The summed E-state index contributed by atoms with van der Waals surface area (Å²) in [5.74, 6) is 0. The summed E-state index contributed by atoms with van der Waals surface area (Å²) in [6.45, 7) is 0.480. The van der Waals surface area contributed by atoms with Crippen LogP contribution in [0.2, 0.25) is 5.02 Å². The Morgan fingerprint density at radius 3 is 2.61 bits per heavy atom. The molecule has 0 aliphatic heterocycles. The Hall–Kier alpha value is -0.780. The first-order valence-corrected chi connectivity index (χ1v) is 5.81. The van der Waals surface area contributed by atoms with Crippen LogP contribution in [0.3, 0.4) is 0 Å². The minimum absolute atomic E-state index is 0.149. The molecule has 0 saturated carbocycles. The molecule has 2 nitrogen and oxygen atoms in total. The van der Waals surface area contributed by atoms with E-state index in [1.54, 1.807) is 6.07 Å². The highest BCUT2D eigenvalue weighted by Gasteiger charge is 2.27. The largest absolute Gasteiger partial charge is 0.411 e. The highest BCUT2D eigenvalue weighted by molar-refractivity contribution is 6.31. The Bertz CT molecular complexity index is 395. The molecule has 0 bridgehead atoms. The van der Waals surface area contributed by atoms with Crippen LogP contribution in [0.15, 0.2) is 18.2 Å². The molecule has 102 valence electrons. The molecule has 0 amide bonds. The van der Waals surface area contributed by atoms with Crippen molar-refractivity contribution in [3.05, 3.63) is 34.3 Å². The van der Waals surface area contributed by atoms with Gasteiger partial charge in [0.2, 0.25) is 0 Å². The summed E-state index contributed by atoms with van der Waals surface area (Å²) in [6, 6.07) is 4.99. The molecule has 1 aromatic carbocycles. The van der Waals surface area contributed by atoms with Gasteiger partial charge in [-0.15, -0.1) is 0 Å². The lowest BCUT2D eigenvalue weighted by atomic mass is 10.1. The lowest BCUT2D eigenvalue weighted by Crippen LogP contribution is -2.31. The van der Waals surface area contributed by atoms with Crippen LogP contribution in [0.1, 0.15) is 11.1 Å². The molecule has 0 aliphatic rings. The number of halogens is 4. The van der Waals surface area contributed by atoms with E-state index in [0.717, 1.165) is 11.1 Å². The van der Waals surface area contributed by atoms with Crippen molar-refractivity contribution in [1.82, 2.24) is 0 Å². The van der Waals surface area contributed by atoms with Crippen molar-refractivity contribution in [3.63, 3.8) is 0 Å². The molecule has 0 heterocycles. The van der Waals surface area contributed by atoms with E-state index < -0.39 is 18.8 Å². The van der Waals surface area contributed by atoms with Crippen LogP contribution in [0.5, 0.6) is 0 Å². The van der Waals surface area contributed by atoms with Gasteiger partial charge in [0.15, 0.2) is 0 Å². The van der Waals surface area contributed by atoms with Gasteiger partial charge in [0.05, 0.1) is 6.61 Å². The maximum atomic E-state index is 11.9. The van der Waals surface area contributed by atoms with Gasteiger partial charge in [-0.3, -0.25) is 0 Å². The number of hydrogen-bond acceptors (Lipinski definition) is 2. The second-order valence-corrected chi connectivity index (χ2v) is 4.60. The Labute approximate surface area is 109 Å². The monoisotopic (exact) mass is 281 g/mol. The zero-order valence-electron chi connectivity index (χ0n) is 9.93. The van der Waals surface area contributed by atoms with E-state index in [-0.39, 0.29) is 6.61 Å². The van der Waals surface area contributed by atoms with E-state index in [1.807, 2.05) is 19.1 Å². The van der Waals surface area contributed by atoms with E-state index >= 15 is 0 Å². The first-order chi connectivity index (χ1) is 8.28. The minimum atomic E-state index is -4.32. The lowest BCUT2D eigenvalue weighted by molar-refractivity contribution is -0.174. The second kappa shape index (κ2) is 6.41. The van der Waals surface area contributed by atoms with Crippen molar-refractivity contribution < 1.29 is 17.9 Å². The normalized spacial score (nSPS) is 13.7. The Balaban J connectivity index is 2.42. The smallest absolute Gasteiger partial charge is 0.370 e. The molecule has 0 radical (unpaired) electrons. The summed E-state index contributed by atoms with van der Waals surface area (Å²) in [7, 11) is 0. The zero-order valence-corrected chi connectivity index (χ0v) is 10.7. The van der Waals surface area contributed by atoms with Crippen molar-refractivity contribution in [2.45, 2.75) is 25.6 Å². The molecule has 18 heavy (non-hydrogen) atoms. The van der Waals surface area contributed by atoms with Crippen LogP contribution in [0, 0.1) is 6.92 Å². The third kappa shape index (κ3) is 5.71. The fraction of sp³-hybridized carbons (Fsp3) is 0.500. The molecule has 0 fully saturated rings. The molecule has 0 saturated heterocycles. The van der Waals surface area contributed by atoms with Crippen LogP contribution >= 0.6 is 11.6 Å². The van der Waals surface area contributed by atoms with Crippen molar-refractivity contribution in [2.75, 3.05) is 13.2 Å². The average molecular weight is 282 g/mol. The molecule has 1 atom stereocenters. The third-order valence-corrected chi connectivity index (χ3v) is 2.64. The third-order valence-electron chi connectivity index (χ3n) is 2.29. The second-order valence-electron chi connectivity index (χ2n) is 4.19. The lowest BCUT2D eigenvalue weighted by Gasteiger charge is -2.14. The molecule has 2 N–H and O–H groups in total. The van der Waals surface area contributed by atoms with Crippen LogP contribution in [-0.4, -0.2) is 25.4 Å². The highest BCUT2D eigenvalue weighted by Crippen LogP contribution is 2.19. The van der Waals surface area contributed by atoms with Crippen molar-refractivity contribution in [1.29, 1.82) is 0 Å². The molecular weight excluding hydrogens is 267 g/mol. The van der Waals surface area contributed by atoms with Gasteiger partial charge in [-0.05, 0) is 30.5 Å². The standard InChI is InChI=1S/C12H15ClF3NO/c1-8-2-3-9(11(13)4-8)5-10(17)6-18-7-12(14,15)16/h2-4,10H,5-7,17H2,1H3. The summed E-state index contributed by atoms with van der Waals surface area (Å²) in [6.07, 6.45) is -3.93. The van der Waals surface area contributed by atoms with E-state index in [9.17, 15) is 13.2 Å². The fourth-order valence-corrected chi connectivity index (χ4v) is 1.80. The van der Waals surface area contributed by atoms with Gasteiger partial charge in [-0.2, -0.15) is 13.2 Å². The van der Waals surface area contributed by atoms with Crippen molar-refractivity contribution in [3.8, 4) is 0 Å². The van der Waals surface area contributed by atoms with Gasteiger partial charge in [0, 0.05) is 11.1 Å². The predicted molar refractivity (Wildman–Crippen MR) is 64.7 cm³/mol. The van der Waals surface area contributed by atoms with Crippen molar-refractivity contribution >= 4 is 11.6 Å². The van der Waals surface area contributed by atoms with Crippen molar-refractivity contribution in [2.24, 2.45) is 5.73 Å². The number of hydrogen-bond donors (Lipinski definition) is 1. The van der Waals surface area contributed by atoms with Crippen LogP contribution in [0.25, 0.3) is 0 Å². The van der Waals surface area contributed by atoms with Gasteiger partial charge < -0.3 is 10.5 Å². The highest BCUT2D eigenvalue weighted by atomic mass is 35.5. The summed E-state index contributed by atoms with van der Waals surface area (Å²) in [5.41, 5.74) is 7.52. The molecule has 0 aliphatic carbocycles. The Morgan fingerprint density at radius 1 is 1.39 bits per heavy atom. The molecule has 0 spiro atoms. The van der Waals surface area contributed by atoms with E-state index in [2.05, 4.69) is 4.74 Å². The Kier molecular flexibility index (Phi) is 5.44. The molecule has 1 unspecified atom stereocenters. The average Bonchev–Trinajstić information content (AvgIpc) is 2.20. The molecule has 0 aromatic heterocycles. The number of benzene rings is 1. The summed E-state index contributed by atoms with van der Waals surface area (Å²) in [5, 5.41) is 0.571. The van der Waals surface area contributed by atoms with E-state index in [1.165, 1.54) is 0 Å². The SMILES string of the molecule is Cc1ccc(CC(N)COCC(F)(F)F)c(Cl)c1. The van der Waals surface area contributed by atoms with Gasteiger partial charge in [-0.25, -0.2) is 0 Å². The van der Waals surface area contributed by atoms with E-state index in [0.29, 0.717) is 11.4 Å². The topological polar surface area (TPSA) is 35.2 Å². The maximum absolute atomic E-state index is 11.9. The van der Waals surface area contributed by atoms with Gasteiger partial charge in [-0.1, -0.05) is 23.7 Å². The maximum Gasteiger partial charge on any atom is 0.411 e. The van der Waals surface area contributed by atoms with E-state index in [4.69, 9.17) is 17.3 Å². The van der Waals surface area contributed by atoms with Crippen LogP contribution in [-0.2, 0) is 11.2 Å². The molecule has 1 aromatic rings. The van der Waals surface area contributed by atoms with Crippen LogP contribution in [0.4, 0.5) is 13.2 Å². The molecule has 1 rings (SSSR count). The number of nitrogens with two attached hydrogens (primary N) is 1. The summed E-state index contributed by atoms with van der Waals surface area (Å²) in [4.78, 5) is 0. The van der Waals surface area contributed by atoms with Crippen LogP contribution < -0.4 is 5.73 Å². The quantitative estimate of drug-likeness (QED) is 0.900. The number of aryl methyl sites for hydroxylation is 1. The number of rotatable bonds is 5. The Morgan fingerprint density at radius 2 is 2.06 bits per heavy atom. The summed E-state index contributed by atoms with van der Waals surface area (Å²) < 4.78 is 40.1. The first-order valence-electron chi connectivity index (χ1n) is 5.43. The van der Waals surface area contributed by atoms with Gasteiger partial charge in [0.1, 0.15) is 6.61 Å². The molecular formula is C12H15ClF3NO. The minimum Gasteiger partial charge on any atom is -0.370 e. The molecule has 6 heteroatoms. The predicted octanol–water partition coefficient (Wildman–Crippen LogP) is 3.10. The number of alkyl halides is 3. The van der Waals surface area contributed by atoms with Gasteiger partial charge in [0.25, 0.3) is 0 Å². The zero-order chi connectivity index (χ0) is 13.8. The first kappa shape index (κ1) is 15.3. The number of ether oxygens (including phenoxy) is 1. The summed E-state index contributed by atoms with van der Waals surface area (Å²) >= 11 is 6.00.